The third-order valence-electron chi connectivity index (χ3n) is 5.71. The van der Waals surface area contributed by atoms with Gasteiger partial charge >= 0.3 is 0 Å². The van der Waals surface area contributed by atoms with E-state index in [9.17, 15) is 9.59 Å². The zero-order chi connectivity index (χ0) is 21.3. The first-order valence-electron chi connectivity index (χ1n) is 10.2. The highest BCUT2D eigenvalue weighted by Gasteiger charge is 2.22. The van der Waals surface area contributed by atoms with Crippen molar-refractivity contribution in [3.05, 3.63) is 86.8 Å². The molecule has 1 aliphatic heterocycles. The maximum atomic E-state index is 12.8. The molecule has 0 saturated carbocycles. The van der Waals surface area contributed by atoms with Gasteiger partial charge in [0.25, 0.3) is 5.56 Å². The maximum Gasteiger partial charge on any atom is 0.255 e. The number of nitrogens with one attached hydrogen (secondary N) is 1. The molecule has 2 aromatic carbocycles. The number of aromatic nitrogens is 2. The van der Waals surface area contributed by atoms with Crippen molar-refractivity contribution in [2.24, 2.45) is 0 Å². The molecule has 6 nitrogen and oxygen atoms in total. The minimum atomic E-state index is -0.241. The second-order valence-corrected chi connectivity index (χ2v) is 7.86. The van der Waals surface area contributed by atoms with Crippen LogP contribution in [0.4, 0.5) is 11.6 Å². The number of hydrogen-bond acceptors (Lipinski definition) is 4. The monoisotopic (exact) mass is 402 g/mol. The van der Waals surface area contributed by atoms with Gasteiger partial charge in [-0.2, -0.15) is 0 Å². The largest absolute Gasteiger partial charge is 0.337 e. The molecule has 0 atom stereocenters. The van der Waals surface area contributed by atoms with E-state index in [4.69, 9.17) is 0 Å². The number of carbonyl (C=O) groups excluding carboxylic acids is 1. The number of anilines is 2. The predicted octanol–water partition coefficient (Wildman–Crippen LogP) is 3.37. The van der Waals surface area contributed by atoms with Crippen LogP contribution in [0.1, 0.15) is 27.9 Å². The second-order valence-electron chi connectivity index (χ2n) is 7.86. The Morgan fingerprint density at radius 3 is 2.63 bits per heavy atom. The molecule has 4 rings (SSSR count). The number of carbonyl (C=O) groups is 1. The third kappa shape index (κ3) is 3.99. The molecule has 1 aromatic heterocycles. The number of aryl methyl sites for hydroxylation is 2. The minimum Gasteiger partial charge on any atom is -0.337 e. The highest BCUT2D eigenvalue weighted by Crippen LogP contribution is 2.23. The van der Waals surface area contributed by atoms with Crippen molar-refractivity contribution < 1.29 is 4.79 Å². The van der Waals surface area contributed by atoms with Crippen LogP contribution in [0.2, 0.25) is 0 Å². The SMILES string of the molecule is Cc1cc(=O)n(CC(=O)Nc2cccc(C)c2C)c(N2CCc3ccccc3C2)n1. The van der Waals surface area contributed by atoms with Crippen LogP contribution in [-0.2, 0) is 24.3 Å². The molecule has 6 heteroatoms. The van der Waals surface area contributed by atoms with Crippen molar-refractivity contribution in [2.75, 3.05) is 16.8 Å². The lowest BCUT2D eigenvalue weighted by molar-refractivity contribution is -0.116. The average Bonchev–Trinajstić information content (AvgIpc) is 2.73. The molecule has 0 saturated heterocycles. The van der Waals surface area contributed by atoms with E-state index in [1.807, 2.05) is 51.1 Å². The summed E-state index contributed by atoms with van der Waals surface area (Å²) in [6, 6.07) is 15.6. The van der Waals surface area contributed by atoms with E-state index in [1.165, 1.54) is 21.8 Å². The molecule has 1 N–H and O–H groups in total. The van der Waals surface area contributed by atoms with Gasteiger partial charge in [0.05, 0.1) is 0 Å². The summed E-state index contributed by atoms with van der Waals surface area (Å²) < 4.78 is 1.47. The highest BCUT2D eigenvalue weighted by atomic mass is 16.2. The molecular weight excluding hydrogens is 376 g/mol. The smallest absolute Gasteiger partial charge is 0.255 e. The number of benzene rings is 2. The Bertz CT molecular complexity index is 1170. The number of nitrogens with zero attached hydrogens (tertiary/aromatic N) is 3. The fourth-order valence-corrected chi connectivity index (χ4v) is 3.88. The van der Waals surface area contributed by atoms with Crippen LogP contribution in [-0.4, -0.2) is 22.0 Å². The third-order valence-corrected chi connectivity index (χ3v) is 5.71. The number of hydrogen-bond donors (Lipinski definition) is 1. The minimum absolute atomic E-state index is 0.0764. The van der Waals surface area contributed by atoms with Gasteiger partial charge < -0.3 is 10.2 Å². The summed E-state index contributed by atoms with van der Waals surface area (Å²) in [5, 5.41) is 2.94. The Morgan fingerprint density at radius 1 is 1.07 bits per heavy atom. The molecule has 1 amide bonds. The molecular formula is C24H26N4O2. The fraction of sp³-hybridized carbons (Fsp3) is 0.292. The van der Waals surface area contributed by atoms with Crippen molar-refractivity contribution in [2.45, 2.75) is 40.3 Å². The van der Waals surface area contributed by atoms with E-state index in [2.05, 4.69) is 27.3 Å². The van der Waals surface area contributed by atoms with Gasteiger partial charge in [-0.1, -0.05) is 36.4 Å². The molecule has 30 heavy (non-hydrogen) atoms. The van der Waals surface area contributed by atoms with Crippen LogP contribution < -0.4 is 15.8 Å². The Balaban J connectivity index is 1.62. The molecule has 1 aliphatic rings. The quantitative estimate of drug-likeness (QED) is 0.727. The fourth-order valence-electron chi connectivity index (χ4n) is 3.88. The Kier molecular flexibility index (Phi) is 5.40. The Hall–Kier alpha value is -3.41. The molecule has 154 valence electrons. The summed E-state index contributed by atoms with van der Waals surface area (Å²) in [7, 11) is 0. The van der Waals surface area contributed by atoms with E-state index >= 15 is 0 Å². The van der Waals surface area contributed by atoms with Crippen molar-refractivity contribution in [3.8, 4) is 0 Å². The Labute approximate surface area is 176 Å². The lowest BCUT2D eigenvalue weighted by Gasteiger charge is -2.31. The summed E-state index contributed by atoms with van der Waals surface area (Å²) in [6.07, 6.45) is 0.884. The molecule has 0 fully saturated rings. The predicted molar refractivity (Wildman–Crippen MR) is 119 cm³/mol. The Morgan fingerprint density at radius 2 is 1.83 bits per heavy atom. The second kappa shape index (κ2) is 8.14. The van der Waals surface area contributed by atoms with Crippen molar-refractivity contribution in [1.29, 1.82) is 0 Å². The first-order chi connectivity index (χ1) is 14.4. The van der Waals surface area contributed by atoms with Crippen LogP contribution in [0, 0.1) is 20.8 Å². The van der Waals surface area contributed by atoms with Gasteiger partial charge in [-0.3, -0.25) is 14.2 Å². The molecule has 0 radical (unpaired) electrons. The van der Waals surface area contributed by atoms with Crippen molar-refractivity contribution >= 4 is 17.5 Å². The van der Waals surface area contributed by atoms with E-state index < -0.39 is 0 Å². The summed E-state index contributed by atoms with van der Waals surface area (Å²) in [5.74, 6) is 0.306. The van der Waals surface area contributed by atoms with Crippen molar-refractivity contribution in [3.63, 3.8) is 0 Å². The molecule has 0 unspecified atom stereocenters. The average molecular weight is 402 g/mol. The number of amides is 1. The number of fused-ring (bicyclic) bond motifs is 1. The molecule has 0 bridgehead atoms. The number of rotatable bonds is 4. The van der Waals surface area contributed by atoms with Crippen LogP contribution in [0.5, 0.6) is 0 Å². The van der Waals surface area contributed by atoms with Gasteiger partial charge in [0.15, 0.2) is 0 Å². The van der Waals surface area contributed by atoms with Gasteiger partial charge in [-0.05, 0) is 55.5 Å². The standard InChI is InChI=1S/C24H26N4O2/c1-16-7-6-10-21(18(16)3)26-22(29)15-28-23(30)13-17(2)25-24(28)27-12-11-19-8-4-5-9-20(19)14-27/h4-10,13H,11-12,14-15H2,1-3H3,(H,26,29). The van der Waals surface area contributed by atoms with E-state index in [0.29, 0.717) is 18.2 Å². The van der Waals surface area contributed by atoms with Gasteiger partial charge in [0, 0.05) is 30.5 Å². The van der Waals surface area contributed by atoms with Crippen LogP contribution >= 0.6 is 0 Å². The summed E-state index contributed by atoms with van der Waals surface area (Å²) in [5.41, 5.74) is 5.88. The maximum absolute atomic E-state index is 12.8. The molecule has 0 aliphatic carbocycles. The lowest BCUT2D eigenvalue weighted by atomic mass is 10.0. The molecule has 3 aromatic rings. The van der Waals surface area contributed by atoms with Gasteiger partial charge in [-0.25, -0.2) is 4.98 Å². The van der Waals surface area contributed by atoms with Gasteiger partial charge in [0.1, 0.15) is 6.54 Å². The highest BCUT2D eigenvalue weighted by molar-refractivity contribution is 5.91. The van der Waals surface area contributed by atoms with E-state index in [-0.39, 0.29) is 18.0 Å². The molecule has 2 heterocycles. The summed E-state index contributed by atoms with van der Waals surface area (Å²) in [4.78, 5) is 32.3. The van der Waals surface area contributed by atoms with Crippen LogP contribution in [0.3, 0.4) is 0 Å². The normalized spacial score (nSPS) is 13.1. The zero-order valence-corrected chi connectivity index (χ0v) is 17.6. The van der Waals surface area contributed by atoms with E-state index in [0.717, 1.165) is 29.8 Å². The topological polar surface area (TPSA) is 67.2 Å². The summed E-state index contributed by atoms with van der Waals surface area (Å²) >= 11 is 0. The van der Waals surface area contributed by atoms with Crippen molar-refractivity contribution in [1.82, 2.24) is 9.55 Å². The van der Waals surface area contributed by atoms with Crippen LogP contribution in [0.15, 0.2) is 53.3 Å². The van der Waals surface area contributed by atoms with Gasteiger partial charge in [0.2, 0.25) is 11.9 Å². The zero-order valence-electron chi connectivity index (χ0n) is 17.6. The van der Waals surface area contributed by atoms with Gasteiger partial charge in [-0.15, -0.1) is 0 Å². The lowest BCUT2D eigenvalue weighted by Crippen LogP contribution is -2.38. The summed E-state index contributed by atoms with van der Waals surface area (Å²) in [6.45, 7) is 7.14. The molecule has 0 spiro atoms. The van der Waals surface area contributed by atoms with Crippen LogP contribution in [0.25, 0.3) is 0 Å². The first-order valence-corrected chi connectivity index (χ1v) is 10.2. The first kappa shape index (κ1) is 19.9. The van der Waals surface area contributed by atoms with E-state index in [1.54, 1.807) is 0 Å².